The van der Waals surface area contributed by atoms with Crippen LogP contribution in [-0.2, 0) is 11.2 Å². The summed E-state index contributed by atoms with van der Waals surface area (Å²) in [5.74, 6) is 0.364. The number of nitrogens with one attached hydrogen (secondary N) is 1. The van der Waals surface area contributed by atoms with Gasteiger partial charge in [-0.2, -0.15) is 0 Å². The quantitative estimate of drug-likeness (QED) is 0.800. The third kappa shape index (κ3) is 5.25. The number of Topliss-reactive ketones (excluding diaryl/α,β-unsaturated/α-hetero) is 1. The molecule has 19 heavy (non-hydrogen) atoms. The van der Waals surface area contributed by atoms with Crippen LogP contribution in [0.25, 0.3) is 0 Å². The number of carbonyl (C=O) groups excluding carboxylic acids is 2. The Hall–Kier alpha value is -1.64. The molecule has 3 heteroatoms. The minimum atomic E-state index is -0.0961. The lowest BCUT2D eigenvalue weighted by Crippen LogP contribution is -2.32. The van der Waals surface area contributed by atoms with E-state index in [0.717, 1.165) is 6.42 Å². The highest BCUT2D eigenvalue weighted by molar-refractivity contribution is 5.99. The Balaban J connectivity index is 2.56. The number of carbonyl (C=O) groups is 2. The molecule has 1 aromatic rings. The van der Waals surface area contributed by atoms with Crippen LogP contribution in [0.5, 0.6) is 0 Å². The highest BCUT2D eigenvalue weighted by Gasteiger charge is 2.10. The Morgan fingerprint density at radius 3 is 2.11 bits per heavy atom. The molecule has 0 saturated carbocycles. The van der Waals surface area contributed by atoms with E-state index in [-0.39, 0.29) is 24.2 Å². The van der Waals surface area contributed by atoms with E-state index in [1.807, 2.05) is 24.3 Å². The summed E-state index contributed by atoms with van der Waals surface area (Å²) in [6, 6.07) is 7.64. The molecule has 0 aliphatic carbocycles. The Labute approximate surface area is 115 Å². The van der Waals surface area contributed by atoms with Crippen molar-refractivity contribution < 1.29 is 9.59 Å². The van der Waals surface area contributed by atoms with Gasteiger partial charge in [-0.3, -0.25) is 9.59 Å². The molecule has 1 amide bonds. The summed E-state index contributed by atoms with van der Waals surface area (Å²) in [6.45, 7) is 8.02. The highest BCUT2D eigenvalue weighted by Crippen LogP contribution is 2.10. The van der Waals surface area contributed by atoms with Crippen molar-refractivity contribution in [3.63, 3.8) is 0 Å². The van der Waals surface area contributed by atoms with Crippen molar-refractivity contribution in [1.29, 1.82) is 0 Å². The van der Waals surface area contributed by atoms with Gasteiger partial charge >= 0.3 is 0 Å². The van der Waals surface area contributed by atoms with E-state index in [9.17, 15) is 9.59 Å². The first-order valence-electron chi connectivity index (χ1n) is 6.80. The van der Waals surface area contributed by atoms with Crippen LogP contribution in [-0.4, -0.2) is 18.2 Å². The van der Waals surface area contributed by atoms with Crippen molar-refractivity contribution in [1.82, 2.24) is 5.32 Å². The van der Waals surface area contributed by atoms with Crippen LogP contribution in [0.4, 0.5) is 0 Å². The van der Waals surface area contributed by atoms with Crippen LogP contribution in [0, 0.1) is 11.8 Å². The Kier molecular flexibility index (Phi) is 5.74. The molecular weight excluding hydrogens is 238 g/mol. The van der Waals surface area contributed by atoms with E-state index >= 15 is 0 Å². The summed E-state index contributed by atoms with van der Waals surface area (Å²) in [6.07, 6.45) is 1.01. The fourth-order valence-electron chi connectivity index (χ4n) is 1.77. The van der Waals surface area contributed by atoms with Gasteiger partial charge < -0.3 is 5.32 Å². The number of benzene rings is 1. The van der Waals surface area contributed by atoms with Crippen LogP contribution in [0.2, 0.25) is 0 Å². The summed E-state index contributed by atoms with van der Waals surface area (Å²) >= 11 is 0. The second kappa shape index (κ2) is 7.07. The number of hydrogen-bond acceptors (Lipinski definition) is 2. The zero-order chi connectivity index (χ0) is 14.4. The summed E-state index contributed by atoms with van der Waals surface area (Å²) in [7, 11) is 0. The third-order valence-corrected chi connectivity index (χ3v) is 2.87. The normalized spacial score (nSPS) is 10.8. The van der Waals surface area contributed by atoms with Gasteiger partial charge in [0.1, 0.15) is 0 Å². The maximum Gasteiger partial charge on any atom is 0.222 e. The minimum Gasteiger partial charge on any atom is -0.348 e. The van der Waals surface area contributed by atoms with Crippen LogP contribution in [0.15, 0.2) is 24.3 Å². The van der Waals surface area contributed by atoms with Gasteiger partial charge in [-0.15, -0.1) is 0 Å². The lowest BCUT2D eigenvalue weighted by Gasteiger charge is -2.08. The lowest BCUT2D eigenvalue weighted by molar-refractivity contribution is -0.123. The molecule has 0 aromatic heterocycles. The van der Waals surface area contributed by atoms with Crippen LogP contribution < -0.4 is 5.32 Å². The minimum absolute atomic E-state index is 0.0508. The monoisotopic (exact) mass is 261 g/mol. The second-order valence-electron chi connectivity index (χ2n) is 5.59. The standard InChI is InChI=1S/C16H23NO2/c1-11(2)9-13-5-7-14(8-6-13)15(18)10-17-16(19)12(3)4/h5-8,11-12H,9-10H2,1-4H3,(H,17,19). The molecular formula is C16H23NO2. The number of amides is 1. The summed E-state index contributed by atoms with van der Waals surface area (Å²) in [5, 5.41) is 2.64. The van der Waals surface area contributed by atoms with E-state index in [1.54, 1.807) is 13.8 Å². The molecule has 1 rings (SSSR count). The average molecular weight is 261 g/mol. The molecule has 1 aromatic carbocycles. The molecule has 3 nitrogen and oxygen atoms in total. The molecule has 0 spiro atoms. The molecule has 0 saturated heterocycles. The Morgan fingerprint density at radius 1 is 1.05 bits per heavy atom. The van der Waals surface area contributed by atoms with Crippen LogP contribution >= 0.6 is 0 Å². The smallest absolute Gasteiger partial charge is 0.222 e. The SMILES string of the molecule is CC(C)Cc1ccc(C(=O)CNC(=O)C(C)C)cc1. The number of rotatable bonds is 6. The van der Waals surface area contributed by atoms with Gasteiger partial charge in [0.2, 0.25) is 5.91 Å². The maximum absolute atomic E-state index is 11.9. The Bertz CT molecular complexity index is 433. The molecule has 0 aliphatic heterocycles. The van der Waals surface area contributed by atoms with Gasteiger partial charge in [-0.1, -0.05) is 52.0 Å². The van der Waals surface area contributed by atoms with E-state index in [1.165, 1.54) is 5.56 Å². The number of ketones is 1. The first-order valence-corrected chi connectivity index (χ1v) is 6.80. The van der Waals surface area contributed by atoms with Crippen molar-refractivity contribution >= 4 is 11.7 Å². The first kappa shape index (κ1) is 15.4. The molecule has 1 N–H and O–H groups in total. The van der Waals surface area contributed by atoms with Gasteiger partial charge in [-0.05, 0) is 17.9 Å². The predicted molar refractivity (Wildman–Crippen MR) is 77.2 cm³/mol. The summed E-state index contributed by atoms with van der Waals surface area (Å²) < 4.78 is 0. The van der Waals surface area contributed by atoms with Crippen LogP contribution in [0.1, 0.15) is 43.6 Å². The van der Waals surface area contributed by atoms with Gasteiger partial charge in [0, 0.05) is 11.5 Å². The fraction of sp³-hybridized carbons (Fsp3) is 0.500. The van der Waals surface area contributed by atoms with Gasteiger partial charge in [-0.25, -0.2) is 0 Å². The third-order valence-electron chi connectivity index (χ3n) is 2.87. The summed E-state index contributed by atoms with van der Waals surface area (Å²) in [5.41, 5.74) is 1.88. The average Bonchev–Trinajstić information content (AvgIpc) is 2.35. The molecule has 0 radical (unpaired) electrons. The molecule has 0 heterocycles. The van der Waals surface area contributed by atoms with Crippen LogP contribution in [0.3, 0.4) is 0 Å². The molecule has 104 valence electrons. The predicted octanol–water partition coefficient (Wildman–Crippen LogP) is 2.84. The van der Waals surface area contributed by atoms with E-state index in [4.69, 9.17) is 0 Å². The Morgan fingerprint density at radius 2 is 1.63 bits per heavy atom. The number of hydrogen-bond donors (Lipinski definition) is 1. The lowest BCUT2D eigenvalue weighted by atomic mass is 10.0. The molecule has 0 bridgehead atoms. The fourth-order valence-corrected chi connectivity index (χ4v) is 1.77. The molecule has 0 aliphatic rings. The van der Waals surface area contributed by atoms with Crippen molar-refractivity contribution in [2.45, 2.75) is 34.1 Å². The van der Waals surface area contributed by atoms with Crippen molar-refractivity contribution in [3.05, 3.63) is 35.4 Å². The van der Waals surface area contributed by atoms with E-state index in [2.05, 4.69) is 19.2 Å². The largest absolute Gasteiger partial charge is 0.348 e. The van der Waals surface area contributed by atoms with Gasteiger partial charge in [0.05, 0.1) is 6.54 Å². The molecule has 0 unspecified atom stereocenters. The topological polar surface area (TPSA) is 46.2 Å². The van der Waals surface area contributed by atoms with Crippen molar-refractivity contribution in [2.75, 3.05) is 6.54 Å². The van der Waals surface area contributed by atoms with Crippen molar-refractivity contribution in [2.24, 2.45) is 11.8 Å². The van der Waals surface area contributed by atoms with Crippen molar-refractivity contribution in [3.8, 4) is 0 Å². The van der Waals surface area contributed by atoms with E-state index in [0.29, 0.717) is 11.5 Å². The zero-order valence-corrected chi connectivity index (χ0v) is 12.2. The molecule has 0 atom stereocenters. The zero-order valence-electron chi connectivity index (χ0n) is 12.2. The molecule has 0 fully saturated rings. The highest BCUT2D eigenvalue weighted by atomic mass is 16.2. The van der Waals surface area contributed by atoms with Gasteiger partial charge in [0.15, 0.2) is 5.78 Å². The summed E-state index contributed by atoms with van der Waals surface area (Å²) in [4.78, 5) is 23.3. The maximum atomic E-state index is 11.9. The van der Waals surface area contributed by atoms with E-state index < -0.39 is 0 Å². The van der Waals surface area contributed by atoms with Gasteiger partial charge in [0.25, 0.3) is 0 Å². The first-order chi connectivity index (χ1) is 8.90. The second-order valence-corrected chi connectivity index (χ2v) is 5.59.